The van der Waals surface area contributed by atoms with Gasteiger partial charge in [0, 0.05) is 0 Å². The van der Waals surface area contributed by atoms with E-state index in [4.69, 9.17) is 0 Å². The van der Waals surface area contributed by atoms with Crippen molar-refractivity contribution in [2.75, 3.05) is 0 Å². The van der Waals surface area contributed by atoms with Crippen molar-refractivity contribution in [3.8, 4) is 0 Å². The van der Waals surface area contributed by atoms with Crippen LogP contribution in [-0.4, -0.2) is 0 Å². The highest BCUT2D eigenvalue weighted by Crippen LogP contribution is 1.98. The SMILES string of the molecule is C=c1ccc2c(c1)CC=2. The molecule has 1 aromatic rings. The second-order valence-corrected chi connectivity index (χ2v) is 2.44. The van der Waals surface area contributed by atoms with Crippen LogP contribution in [0.4, 0.5) is 0 Å². The van der Waals surface area contributed by atoms with E-state index in [1.165, 1.54) is 10.8 Å². The van der Waals surface area contributed by atoms with E-state index in [-0.39, 0.29) is 0 Å². The van der Waals surface area contributed by atoms with E-state index in [1.807, 2.05) is 0 Å². The van der Waals surface area contributed by atoms with Crippen molar-refractivity contribution < 1.29 is 0 Å². The Kier molecular flexibility index (Phi) is 0.786. The molecule has 0 atom stereocenters. The van der Waals surface area contributed by atoms with Crippen LogP contribution in [0.2, 0.25) is 0 Å². The number of hydrogen-bond donors (Lipinski definition) is 0. The van der Waals surface area contributed by atoms with Crippen LogP contribution in [0, 0.1) is 0 Å². The van der Waals surface area contributed by atoms with E-state index in [2.05, 4.69) is 30.9 Å². The smallest absolute Gasteiger partial charge is 0.00823 e. The fraction of sp³-hybridized carbons (Fsp3) is 0.111. The first-order chi connectivity index (χ1) is 4.36. The van der Waals surface area contributed by atoms with Gasteiger partial charge in [-0.25, -0.2) is 0 Å². The Morgan fingerprint density at radius 1 is 1.33 bits per heavy atom. The van der Waals surface area contributed by atoms with E-state index >= 15 is 0 Å². The number of rotatable bonds is 0. The summed E-state index contributed by atoms with van der Waals surface area (Å²) in [4.78, 5) is 0. The van der Waals surface area contributed by atoms with Crippen LogP contribution < -0.4 is 10.4 Å². The summed E-state index contributed by atoms with van der Waals surface area (Å²) in [6.45, 7) is 3.84. The van der Waals surface area contributed by atoms with Crippen molar-refractivity contribution in [3.63, 3.8) is 0 Å². The summed E-state index contributed by atoms with van der Waals surface area (Å²) in [6, 6.07) is 6.32. The van der Waals surface area contributed by atoms with Crippen molar-refractivity contribution in [3.05, 3.63) is 34.2 Å². The predicted octanol–water partition coefficient (Wildman–Crippen LogP) is 0.434. The predicted molar refractivity (Wildman–Crippen MR) is 39.4 cm³/mol. The fourth-order valence-electron chi connectivity index (χ4n) is 1.12. The summed E-state index contributed by atoms with van der Waals surface area (Å²) >= 11 is 0. The molecular formula is C9H8. The van der Waals surface area contributed by atoms with Gasteiger partial charge in [-0.15, -0.1) is 0 Å². The molecule has 9 heavy (non-hydrogen) atoms. The molecule has 1 aromatic carbocycles. The lowest BCUT2D eigenvalue weighted by molar-refractivity contribution is 1.20. The number of fused-ring (bicyclic) bond motifs is 1. The summed E-state index contributed by atoms with van der Waals surface area (Å²) in [6.07, 6.45) is 3.37. The van der Waals surface area contributed by atoms with E-state index in [0.29, 0.717) is 0 Å². The van der Waals surface area contributed by atoms with Crippen LogP contribution in [-0.2, 0) is 6.42 Å². The standard InChI is InChI=1S/C9H8/c1-7-2-3-8-4-5-9(8)6-7/h2-4,6H,1,5H2. The Morgan fingerprint density at radius 3 is 2.67 bits per heavy atom. The fourth-order valence-corrected chi connectivity index (χ4v) is 1.12. The topological polar surface area (TPSA) is 0 Å². The summed E-state index contributed by atoms with van der Waals surface area (Å²) in [5.41, 5.74) is 1.45. The Labute approximate surface area is 54.1 Å². The molecule has 1 aliphatic rings. The minimum Gasteiger partial charge on any atom is -0.0918 e. The minimum atomic E-state index is 1.13. The molecule has 0 saturated heterocycles. The third-order valence-electron chi connectivity index (χ3n) is 1.75. The summed E-state index contributed by atoms with van der Waals surface area (Å²) < 4.78 is 0. The molecule has 0 heterocycles. The van der Waals surface area contributed by atoms with Crippen molar-refractivity contribution >= 4 is 12.7 Å². The number of hydrogen-bond acceptors (Lipinski definition) is 0. The molecule has 0 spiro atoms. The van der Waals surface area contributed by atoms with Crippen molar-refractivity contribution in [1.29, 1.82) is 0 Å². The molecule has 0 aliphatic heterocycles. The van der Waals surface area contributed by atoms with E-state index in [1.54, 1.807) is 0 Å². The zero-order valence-electron chi connectivity index (χ0n) is 5.22. The van der Waals surface area contributed by atoms with Crippen LogP contribution in [0.1, 0.15) is 5.56 Å². The third kappa shape index (κ3) is 0.595. The van der Waals surface area contributed by atoms with Crippen LogP contribution in [0.15, 0.2) is 18.2 Å². The van der Waals surface area contributed by atoms with Gasteiger partial charge in [0.1, 0.15) is 0 Å². The maximum atomic E-state index is 3.84. The molecule has 0 nitrogen and oxygen atoms in total. The Balaban J connectivity index is 2.88. The van der Waals surface area contributed by atoms with Gasteiger partial charge in [-0.1, -0.05) is 30.9 Å². The van der Waals surface area contributed by atoms with Gasteiger partial charge in [0.25, 0.3) is 0 Å². The van der Waals surface area contributed by atoms with Gasteiger partial charge in [-0.3, -0.25) is 0 Å². The molecule has 0 fully saturated rings. The Hall–Kier alpha value is -1.04. The average Bonchev–Trinajstić information content (AvgIpc) is 1.78. The molecule has 0 saturated carbocycles. The van der Waals surface area contributed by atoms with Crippen molar-refractivity contribution in [1.82, 2.24) is 0 Å². The van der Waals surface area contributed by atoms with Gasteiger partial charge in [0.15, 0.2) is 0 Å². The molecule has 0 amide bonds. The molecule has 0 N–H and O–H groups in total. The molecular weight excluding hydrogens is 108 g/mol. The average molecular weight is 116 g/mol. The van der Waals surface area contributed by atoms with Crippen LogP contribution in [0.25, 0.3) is 12.7 Å². The third-order valence-corrected chi connectivity index (χ3v) is 1.75. The zero-order chi connectivity index (χ0) is 6.27. The van der Waals surface area contributed by atoms with Gasteiger partial charge in [0.05, 0.1) is 0 Å². The minimum absolute atomic E-state index is 1.13. The van der Waals surface area contributed by atoms with Crippen molar-refractivity contribution in [2.45, 2.75) is 6.42 Å². The van der Waals surface area contributed by atoms with Gasteiger partial charge >= 0.3 is 0 Å². The van der Waals surface area contributed by atoms with Gasteiger partial charge in [0.2, 0.25) is 0 Å². The lowest BCUT2D eigenvalue weighted by Gasteiger charge is -2.06. The van der Waals surface area contributed by atoms with Crippen LogP contribution in [0.5, 0.6) is 0 Å². The summed E-state index contributed by atoms with van der Waals surface area (Å²) in [5.74, 6) is 0. The molecule has 0 radical (unpaired) electrons. The Morgan fingerprint density at radius 2 is 2.22 bits per heavy atom. The first-order valence-corrected chi connectivity index (χ1v) is 3.14. The second kappa shape index (κ2) is 1.47. The molecule has 1 aliphatic carbocycles. The largest absolute Gasteiger partial charge is 0.0918 e. The summed E-state index contributed by atoms with van der Waals surface area (Å²) in [5, 5.41) is 2.52. The van der Waals surface area contributed by atoms with Crippen LogP contribution in [0.3, 0.4) is 0 Å². The normalized spacial score (nSPS) is 13.3. The monoisotopic (exact) mass is 116 g/mol. The first kappa shape index (κ1) is 4.80. The van der Waals surface area contributed by atoms with Gasteiger partial charge < -0.3 is 0 Å². The van der Waals surface area contributed by atoms with Gasteiger partial charge in [-0.2, -0.15) is 0 Å². The maximum Gasteiger partial charge on any atom is -0.00823 e. The molecule has 0 aromatic heterocycles. The molecule has 2 rings (SSSR count). The number of benzene rings is 1. The molecule has 44 valence electrons. The summed E-state index contributed by atoms with van der Waals surface area (Å²) in [7, 11) is 0. The van der Waals surface area contributed by atoms with E-state index in [0.717, 1.165) is 11.6 Å². The highest BCUT2D eigenvalue weighted by atomic mass is 14.0. The zero-order valence-corrected chi connectivity index (χ0v) is 5.22. The quantitative estimate of drug-likeness (QED) is 0.461. The molecule has 0 unspecified atom stereocenters. The van der Waals surface area contributed by atoms with Crippen molar-refractivity contribution in [2.24, 2.45) is 0 Å². The lowest BCUT2D eigenvalue weighted by Crippen LogP contribution is -2.20. The van der Waals surface area contributed by atoms with E-state index < -0.39 is 0 Å². The van der Waals surface area contributed by atoms with E-state index in [9.17, 15) is 0 Å². The van der Waals surface area contributed by atoms with Crippen LogP contribution >= 0.6 is 0 Å². The maximum absolute atomic E-state index is 3.84. The highest BCUT2D eigenvalue weighted by Gasteiger charge is 1.99. The Bertz CT molecular complexity index is 334. The lowest BCUT2D eigenvalue weighted by atomic mass is 9.99. The first-order valence-electron chi connectivity index (χ1n) is 3.14. The molecule has 0 bridgehead atoms. The highest BCUT2D eigenvalue weighted by molar-refractivity contribution is 5.44. The molecule has 0 heteroatoms. The second-order valence-electron chi connectivity index (χ2n) is 2.44. The van der Waals surface area contributed by atoms with Gasteiger partial charge in [-0.05, 0) is 22.4 Å².